The second-order valence-electron chi connectivity index (χ2n) is 14.3. The van der Waals surface area contributed by atoms with E-state index in [0.717, 1.165) is 60.8 Å². The third-order valence-corrected chi connectivity index (χ3v) is 10.6. The molecule has 0 radical (unpaired) electrons. The van der Waals surface area contributed by atoms with Crippen LogP contribution in [-0.2, 0) is 23.1 Å². The fourth-order valence-electron chi connectivity index (χ4n) is 8.15. The molecule has 3 aliphatic rings. The Morgan fingerprint density at radius 2 is 1.52 bits per heavy atom. The summed E-state index contributed by atoms with van der Waals surface area (Å²) < 4.78 is 7.68. The van der Waals surface area contributed by atoms with Gasteiger partial charge in [0.2, 0.25) is 5.91 Å². The number of aryl methyl sites for hydroxylation is 2. The maximum atomic E-state index is 13.2. The van der Waals surface area contributed by atoms with E-state index >= 15 is 0 Å². The van der Waals surface area contributed by atoms with E-state index in [1.165, 1.54) is 0 Å². The van der Waals surface area contributed by atoms with E-state index in [4.69, 9.17) is 4.52 Å². The van der Waals surface area contributed by atoms with Gasteiger partial charge in [0.05, 0.1) is 24.1 Å². The first kappa shape index (κ1) is 35.1. The van der Waals surface area contributed by atoms with Crippen molar-refractivity contribution >= 4 is 17.7 Å². The Bertz CT molecular complexity index is 1790. The number of nitriles is 1. The summed E-state index contributed by atoms with van der Waals surface area (Å²) in [5.41, 5.74) is 3.81. The highest BCUT2D eigenvalue weighted by molar-refractivity contribution is 5.95. The van der Waals surface area contributed by atoms with Crippen LogP contribution in [0.4, 0.5) is 0 Å². The lowest BCUT2D eigenvalue weighted by Crippen LogP contribution is -2.43. The number of nitrogens with one attached hydrogen (secondary N) is 1. The molecule has 1 saturated heterocycles. The van der Waals surface area contributed by atoms with Gasteiger partial charge in [-0.1, -0.05) is 31.4 Å². The van der Waals surface area contributed by atoms with Gasteiger partial charge >= 0.3 is 5.76 Å². The lowest BCUT2D eigenvalue weighted by Gasteiger charge is -2.37. The van der Waals surface area contributed by atoms with E-state index < -0.39 is 17.2 Å². The summed E-state index contributed by atoms with van der Waals surface area (Å²) in [4.78, 5) is 62.2. The van der Waals surface area contributed by atoms with E-state index in [-0.39, 0.29) is 30.3 Å². The molecule has 3 aromatic rings. The van der Waals surface area contributed by atoms with Crippen LogP contribution in [0, 0.1) is 11.3 Å². The molecule has 2 aliphatic carbocycles. The third kappa shape index (κ3) is 6.59. The maximum Gasteiger partial charge on any atom is 0.459 e. The molecule has 1 unspecified atom stereocenters. The molecule has 2 heterocycles. The molecule has 2 aromatic carbocycles. The van der Waals surface area contributed by atoms with Crippen molar-refractivity contribution < 1.29 is 18.9 Å². The number of nitrogens with zero attached hydrogens (tertiary/aromatic N) is 6. The minimum absolute atomic E-state index is 0.0437. The molecule has 2 fully saturated rings. The van der Waals surface area contributed by atoms with E-state index in [9.17, 15) is 24.4 Å². The maximum absolute atomic E-state index is 13.2. The Balaban J connectivity index is 1.52. The number of carbonyl (C=O) groups is 3. The Labute approximate surface area is 293 Å². The lowest BCUT2D eigenvalue weighted by molar-refractivity contribution is -0.130. The predicted octanol–water partition coefficient (Wildman–Crippen LogP) is 3.67. The molecule has 1 aliphatic heterocycles. The van der Waals surface area contributed by atoms with Crippen molar-refractivity contribution in [3.05, 3.63) is 86.2 Å². The Hall–Kier alpha value is -4.76. The van der Waals surface area contributed by atoms with Gasteiger partial charge in [-0.2, -0.15) is 15.0 Å². The lowest BCUT2D eigenvalue weighted by atomic mass is 9.68. The molecule has 264 valence electrons. The van der Waals surface area contributed by atoms with Gasteiger partial charge in [-0.05, 0) is 98.0 Å². The van der Waals surface area contributed by atoms with E-state index in [1.807, 2.05) is 36.4 Å². The van der Waals surface area contributed by atoms with Crippen molar-refractivity contribution in [1.82, 2.24) is 29.7 Å². The second kappa shape index (κ2) is 14.6. The quantitative estimate of drug-likeness (QED) is 0.337. The molecule has 0 spiro atoms. The smallest absolute Gasteiger partial charge is 0.345 e. The number of likely N-dealkylation sites (tertiary alicyclic amines) is 1. The first-order valence-corrected chi connectivity index (χ1v) is 17.8. The number of rotatable bonds is 9. The van der Waals surface area contributed by atoms with Crippen LogP contribution in [0.2, 0.25) is 0 Å². The molecule has 1 N–H and O–H groups in total. The van der Waals surface area contributed by atoms with Crippen LogP contribution in [0.15, 0.2) is 45.7 Å². The standard InChI is InChI=1S/C38H47N7O5/c1-42(2)34(47)27-14-16-31-25(21-27)12-13-26-22-28(35(48)43(3)4)15-17-32(26)38(31,18-19-40-24-33(46)44-20-8-11-30(44)23-39)36-41-37(49)50-45(36)29-9-6-5-7-10-29/h14-17,21-22,29-30,40H,5-13,18-20,24H2,1-4H3. The van der Waals surface area contributed by atoms with Crippen LogP contribution in [0.3, 0.4) is 0 Å². The van der Waals surface area contributed by atoms with Crippen molar-refractivity contribution in [3.8, 4) is 6.07 Å². The van der Waals surface area contributed by atoms with Crippen LogP contribution in [-0.4, -0.2) is 96.0 Å². The van der Waals surface area contributed by atoms with Crippen molar-refractivity contribution in [2.75, 3.05) is 47.8 Å². The zero-order valence-electron chi connectivity index (χ0n) is 29.5. The third-order valence-electron chi connectivity index (χ3n) is 10.6. The first-order chi connectivity index (χ1) is 24.0. The highest BCUT2D eigenvalue weighted by Gasteiger charge is 2.46. The van der Waals surface area contributed by atoms with Crippen LogP contribution < -0.4 is 11.1 Å². The number of amides is 3. The van der Waals surface area contributed by atoms with Crippen molar-refractivity contribution in [2.45, 2.75) is 81.7 Å². The van der Waals surface area contributed by atoms with Crippen molar-refractivity contribution in [1.29, 1.82) is 5.26 Å². The molecule has 1 saturated carbocycles. The summed E-state index contributed by atoms with van der Waals surface area (Å²) in [6.07, 6.45) is 7.96. The summed E-state index contributed by atoms with van der Waals surface area (Å²) in [5, 5.41) is 12.9. The molecule has 0 bridgehead atoms. The highest BCUT2D eigenvalue weighted by atomic mass is 16.5. The molecule has 50 heavy (non-hydrogen) atoms. The van der Waals surface area contributed by atoms with Crippen molar-refractivity contribution in [3.63, 3.8) is 0 Å². The van der Waals surface area contributed by atoms with Crippen molar-refractivity contribution in [2.24, 2.45) is 0 Å². The molecule has 1 atom stereocenters. The van der Waals surface area contributed by atoms with Gasteiger partial charge in [-0.15, -0.1) is 0 Å². The van der Waals surface area contributed by atoms with Crippen LogP contribution in [0.25, 0.3) is 0 Å². The van der Waals surface area contributed by atoms with Crippen LogP contribution in [0.1, 0.15) is 106 Å². The number of hydrogen-bond donors (Lipinski definition) is 1. The van der Waals surface area contributed by atoms with Gasteiger partial charge in [0.15, 0.2) is 5.82 Å². The molecular formula is C38H47N7O5. The predicted molar refractivity (Wildman–Crippen MR) is 187 cm³/mol. The van der Waals surface area contributed by atoms with Gasteiger partial charge < -0.3 is 24.5 Å². The van der Waals surface area contributed by atoms with Gasteiger partial charge in [-0.3, -0.25) is 14.4 Å². The first-order valence-electron chi connectivity index (χ1n) is 17.8. The van der Waals surface area contributed by atoms with Gasteiger partial charge in [0, 0.05) is 45.9 Å². The van der Waals surface area contributed by atoms with E-state index in [0.29, 0.717) is 55.7 Å². The normalized spacial score (nSPS) is 18.5. The summed E-state index contributed by atoms with van der Waals surface area (Å²) >= 11 is 0. The topological polar surface area (TPSA) is 145 Å². The monoisotopic (exact) mass is 681 g/mol. The van der Waals surface area contributed by atoms with E-state index in [2.05, 4.69) is 16.4 Å². The summed E-state index contributed by atoms with van der Waals surface area (Å²) in [7, 11) is 6.90. The molecule has 1 aromatic heterocycles. The number of hydrogen-bond acceptors (Lipinski definition) is 8. The number of benzene rings is 2. The SMILES string of the molecule is CN(C)C(=O)c1ccc2c(c1)CCc1cc(C(=O)N(C)C)ccc1C2(CCNCC(=O)N1CCCC1C#N)c1nc(=O)on1C1CCCCC1. The Kier molecular flexibility index (Phi) is 10.3. The molecule has 6 rings (SSSR count). The Morgan fingerprint density at radius 1 is 0.920 bits per heavy atom. The average molecular weight is 682 g/mol. The number of aromatic nitrogens is 2. The Morgan fingerprint density at radius 3 is 2.08 bits per heavy atom. The molecule has 12 nitrogen and oxygen atoms in total. The molecular weight excluding hydrogens is 634 g/mol. The summed E-state index contributed by atoms with van der Waals surface area (Å²) in [6.45, 7) is 1.00. The zero-order valence-corrected chi connectivity index (χ0v) is 29.5. The largest absolute Gasteiger partial charge is 0.459 e. The van der Waals surface area contributed by atoms with Gasteiger partial charge in [0.25, 0.3) is 11.8 Å². The van der Waals surface area contributed by atoms with Gasteiger partial charge in [0.1, 0.15) is 6.04 Å². The van der Waals surface area contributed by atoms with Gasteiger partial charge in [-0.25, -0.2) is 4.79 Å². The summed E-state index contributed by atoms with van der Waals surface area (Å²) in [6, 6.07) is 13.3. The minimum Gasteiger partial charge on any atom is -0.345 e. The van der Waals surface area contributed by atoms with E-state index in [1.54, 1.807) is 47.6 Å². The van der Waals surface area contributed by atoms with Crippen LogP contribution >= 0.6 is 0 Å². The van der Waals surface area contributed by atoms with Crippen LogP contribution in [0.5, 0.6) is 0 Å². The molecule has 3 amide bonds. The molecule has 12 heteroatoms. The number of carbonyl (C=O) groups excluding carboxylic acids is 3. The summed E-state index contributed by atoms with van der Waals surface area (Å²) in [5.74, 6) is -0.524. The fraction of sp³-hybridized carbons (Fsp3) is 0.526. The second-order valence-corrected chi connectivity index (χ2v) is 14.3. The fourth-order valence-corrected chi connectivity index (χ4v) is 8.15. The number of fused-ring (bicyclic) bond motifs is 2. The highest BCUT2D eigenvalue weighted by Crippen LogP contribution is 2.48. The minimum atomic E-state index is -1.02. The zero-order chi connectivity index (χ0) is 35.6. The average Bonchev–Trinajstić information content (AvgIpc) is 3.74.